The number of carbonyl (C=O) groups excluding carboxylic acids is 1. The fourth-order valence-electron chi connectivity index (χ4n) is 2.48. The number of hydrogen-bond acceptors (Lipinski definition) is 3. The maximum atomic E-state index is 14.2. The first-order chi connectivity index (χ1) is 12.2. The molecule has 0 spiro atoms. The lowest BCUT2D eigenvalue weighted by molar-refractivity contribution is -0.140. The molecule has 0 saturated heterocycles. The minimum Gasteiger partial charge on any atom is -0.345 e. The Kier molecular flexibility index (Phi) is 4.70. The minimum absolute atomic E-state index is 0.205. The molecular weight excluding hydrogens is 420 g/mol. The average Bonchev–Trinajstić information content (AvgIpc) is 3.02. The average molecular weight is 431 g/mol. The first-order valence-electron chi connectivity index (χ1n) is 7.34. The minimum atomic E-state index is -4.81. The van der Waals surface area contributed by atoms with Crippen LogP contribution in [0.15, 0.2) is 41.3 Å². The first-order valence-corrected chi connectivity index (χ1v) is 8.13. The quantitative estimate of drug-likeness (QED) is 0.501. The Labute approximate surface area is 153 Å². The zero-order valence-corrected chi connectivity index (χ0v) is 14.8. The van der Waals surface area contributed by atoms with E-state index in [0.717, 1.165) is 6.07 Å². The van der Waals surface area contributed by atoms with E-state index in [1.807, 2.05) is 0 Å². The molecule has 0 aliphatic carbocycles. The van der Waals surface area contributed by atoms with Crippen molar-refractivity contribution in [2.75, 3.05) is 0 Å². The number of carbonyl (C=O) groups is 1. The van der Waals surface area contributed by atoms with E-state index < -0.39 is 29.5 Å². The molecule has 0 fully saturated rings. The van der Waals surface area contributed by atoms with Gasteiger partial charge in [-0.05, 0) is 41.1 Å². The van der Waals surface area contributed by atoms with Crippen LogP contribution in [-0.4, -0.2) is 20.5 Å². The van der Waals surface area contributed by atoms with Crippen LogP contribution in [-0.2, 0) is 6.18 Å². The summed E-state index contributed by atoms with van der Waals surface area (Å²) >= 11 is 3.24. The predicted octanol–water partition coefficient (Wildman–Crippen LogP) is 4.14. The lowest BCUT2D eigenvalue weighted by atomic mass is 10.0. The summed E-state index contributed by atoms with van der Waals surface area (Å²) in [6, 6.07) is 4.92. The zero-order valence-electron chi connectivity index (χ0n) is 13.2. The molecule has 2 aromatic heterocycles. The van der Waals surface area contributed by atoms with Crippen LogP contribution in [0.4, 0.5) is 17.6 Å². The molecule has 0 saturated carbocycles. The van der Waals surface area contributed by atoms with Gasteiger partial charge in [-0.25, -0.2) is 13.9 Å². The summed E-state index contributed by atoms with van der Waals surface area (Å²) in [7, 11) is 0. The van der Waals surface area contributed by atoms with Crippen LogP contribution in [0.5, 0.6) is 0 Å². The van der Waals surface area contributed by atoms with Crippen molar-refractivity contribution >= 4 is 27.5 Å². The number of fused-ring (bicyclic) bond motifs is 1. The summed E-state index contributed by atoms with van der Waals surface area (Å²) < 4.78 is 54.6. The largest absolute Gasteiger partial charge is 0.419 e. The second-order valence-corrected chi connectivity index (χ2v) is 6.31. The van der Waals surface area contributed by atoms with E-state index in [2.05, 4.69) is 31.3 Å². The van der Waals surface area contributed by atoms with E-state index in [1.165, 1.54) is 36.0 Å². The molecule has 0 radical (unpaired) electrons. The van der Waals surface area contributed by atoms with Crippen molar-refractivity contribution in [2.24, 2.45) is 0 Å². The van der Waals surface area contributed by atoms with Crippen molar-refractivity contribution in [1.82, 2.24) is 19.9 Å². The molecule has 0 bridgehead atoms. The van der Waals surface area contributed by atoms with Gasteiger partial charge in [0.05, 0.1) is 11.6 Å². The second-order valence-electron chi connectivity index (χ2n) is 5.50. The third-order valence-corrected chi connectivity index (χ3v) is 4.31. The molecule has 0 aliphatic heterocycles. The second kappa shape index (κ2) is 6.67. The fraction of sp³-hybridized carbons (Fsp3) is 0.188. The number of nitrogens with zero attached hydrogens (tertiary/aromatic N) is 3. The highest BCUT2D eigenvalue weighted by Crippen LogP contribution is 2.33. The van der Waals surface area contributed by atoms with Gasteiger partial charge in [0.1, 0.15) is 16.7 Å². The number of nitrogens with one attached hydrogen (secondary N) is 1. The molecule has 26 heavy (non-hydrogen) atoms. The third kappa shape index (κ3) is 3.41. The Morgan fingerprint density at radius 3 is 2.73 bits per heavy atom. The monoisotopic (exact) mass is 430 g/mol. The normalized spacial score (nSPS) is 13.0. The van der Waals surface area contributed by atoms with Crippen molar-refractivity contribution in [1.29, 1.82) is 0 Å². The molecule has 1 amide bonds. The zero-order chi connectivity index (χ0) is 19.1. The van der Waals surface area contributed by atoms with E-state index in [-0.39, 0.29) is 11.1 Å². The molecule has 1 atom stereocenters. The Balaban J connectivity index is 1.87. The summed E-state index contributed by atoms with van der Waals surface area (Å²) in [5, 5.41) is 6.43. The summed E-state index contributed by atoms with van der Waals surface area (Å²) in [5.41, 5.74) is -1.02. The van der Waals surface area contributed by atoms with Crippen molar-refractivity contribution in [3.63, 3.8) is 0 Å². The van der Waals surface area contributed by atoms with Crippen LogP contribution >= 0.6 is 15.9 Å². The standard InChI is InChI=1S/C16H11BrF4N4O/c1-8(10-3-2-4-11(14(10)18)16(19,20)21)24-15(26)9-5-12(17)25-13(6-9)22-7-23-25/h2-8H,1H3,(H,24,26)/t8-/m1/s1. The molecular formula is C16H11BrF4N4O. The van der Waals surface area contributed by atoms with Gasteiger partial charge in [0.2, 0.25) is 0 Å². The molecule has 136 valence electrons. The van der Waals surface area contributed by atoms with Gasteiger partial charge in [-0.1, -0.05) is 12.1 Å². The molecule has 1 aromatic carbocycles. The molecule has 3 rings (SSSR count). The maximum absolute atomic E-state index is 14.2. The Morgan fingerprint density at radius 2 is 2.04 bits per heavy atom. The van der Waals surface area contributed by atoms with E-state index in [1.54, 1.807) is 0 Å². The number of pyridine rings is 1. The van der Waals surface area contributed by atoms with Crippen LogP contribution in [0.1, 0.15) is 34.5 Å². The summed E-state index contributed by atoms with van der Waals surface area (Å²) in [6.45, 7) is 1.40. The molecule has 1 N–H and O–H groups in total. The number of benzene rings is 1. The van der Waals surface area contributed by atoms with Gasteiger partial charge in [0.15, 0.2) is 5.65 Å². The number of hydrogen-bond donors (Lipinski definition) is 1. The summed E-state index contributed by atoms with van der Waals surface area (Å²) in [6.07, 6.45) is -3.50. The van der Waals surface area contributed by atoms with Crippen molar-refractivity contribution in [2.45, 2.75) is 19.1 Å². The Morgan fingerprint density at radius 1 is 1.31 bits per heavy atom. The number of halogens is 5. The van der Waals surface area contributed by atoms with Crippen LogP contribution in [0.3, 0.4) is 0 Å². The van der Waals surface area contributed by atoms with Gasteiger partial charge in [0, 0.05) is 11.1 Å². The van der Waals surface area contributed by atoms with Crippen LogP contribution < -0.4 is 5.32 Å². The summed E-state index contributed by atoms with van der Waals surface area (Å²) in [4.78, 5) is 16.4. The highest BCUT2D eigenvalue weighted by atomic mass is 79.9. The topological polar surface area (TPSA) is 59.3 Å². The lowest BCUT2D eigenvalue weighted by Crippen LogP contribution is -2.28. The highest BCUT2D eigenvalue weighted by molar-refractivity contribution is 9.10. The van der Waals surface area contributed by atoms with E-state index in [0.29, 0.717) is 16.3 Å². The van der Waals surface area contributed by atoms with Gasteiger partial charge in [0.25, 0.3) is 5.91 Å². The molecule has 0 aliphatic rings. The first kappa shape index (κ1) is 18.3. The van der Waals surface area contributed by atoms with Crippen LogP contribution in [0.2, 0.25) is 0 Å². The number of amides is 1. The van der Waals surface area contributed by atoms with Crippen LogP contribution in [0.25, 0.3) is 5.65 Å². The summed E-state index contributed by atoms with van der Waals surface area (Å²) in [5.74, 6) is -1.98. The molecule has 0 unspecified atom stereocenters. The van der Waals surface area contributed by atoms with Gasteiger partial charge in [-0.2, -0.15) is 18.3 Å². The van der Waals surface area contributed by atoms with E-state index in [4.69, 9.17) is 0 Å². The molecule has 3 aromatic rings. The number of aromatic nitrogens is 3. The molecule has 10 heteroatoms. The van der Waals surface area contributed by atoms with Crippen molar-refractivity contribution in [3.8, 4) is 0 Å². The SMILES string of the molecule is C[C@@H](NC(=O)c1cc(Br)n2ncnc2c1)c1cccc(C(F)(F)F)c1F. The van der Waals surface area contributed by atoms with Gasteiger partial charge in [-0.15, -0.1) is 0 Å². The van der Waals surface area contributed by atoms with Gasteiger partial charge in [-0.3, -0.25) is 4.79 Å². The highest BCUT2D eigenvalue weighted by Gasteiger charge is 2.35. The number of alkyl halides is 3. The van der Waals surface area contributed by atoms with Gasteiger partial charge >= 0.3 is 6.18 Å². The molecule has 5 nitrogen and oxygen atoms in total. The van der Waals surface area contributed by atoms with E-state index >= 15 is 0 Å². The lowest BCUT2D eigenvalue weighted by Gasteiger charge is -2.18. The predicted molar refractivity (Wildman–Crippen MR) is 88.0 cm³/mol. The maximum Gasteiger partial charge on any atom is 0.419 e. The van der Waals surface area contributed by atoms with Crippen LogP contribution in [0, 0.1) is 5.82 Å². The van der Waals surface area contributed by atoms with Crippen molar-refractivity contribution in [3.05, 3.63) is 63.8 Å². The number of rotatable bonds is 3. The smallest absolute Gasteiger partial charge is 0.345 e. The fourth-order valence-corrected chi connectivity index (χ4v) is 3.00. The van der Waals surface area contributed by atoms with E-state index in [9.17, 15) is 22.4 Å². The van der Waals surface area contributed by atoms with Crippen molar-refractivity contribution < 1.29 is 22.4 Å². The Bertz CT molecular complexity index is 986. The third-order valence-electron chi connectivity index (χ3n) is 3.75. The Hall–Kier alpha value is -2.49. The molecule has 2 heterocycles. The van der Waals surface area contributed by atoms with Gasteiger partial charge < -0.3 is 5.32 Å².